The molecule has 0 aliphatic carbocycles. The molecule has 1 aliphatic heterocycles. The van der Waals surface area contributed by atoms with Gasteiger partial charge in [-0.1, -0.05) is 48.5 Å². The van der Waals surface area contributed by atoms with Gasteiger partial charge in [0.2, 0.25) is 0 Å². The number of ether oxygens (including phenoxy) is 1. The van der Waals surface area contributed by atoms with Crippen LogP contribution in [-0.2, 0) is 22.4 Å². The molecule has 1 fully saturated rings. The van der Waals surface area contributed by atoms with Crippen molar-refractivity contribution in [2.75, 3.05) is 39.2 Å². The first-order chi connectivity index (χ1) is 13.8. The SMILES string of the molecule is CCc1ccc(CCCO/N=C(\c2ccc(SC)cc2)N2CCOCC2)cc1. The molecule has 5 heteroatoms. The summed E-state index contributed by atoms with van der Waals surface area (Å²) in [6.45, 7) is 5.95. The van der Waals surface area contributed by atoms with E-state index in [4.69, 9.17) is 9.57 Å². The second-order valence-corrected chi connectivity index (χ2v) is 7.73. The molecule has 1 aliphatic rings. The van der Waals surface area contributed by atoms with Crippen LogP contribution >= 0.6 is 11.8 Å². The fraction of sp³-hybridized carbons (Fsp3) is 0.435. The van der Waals surface area contributed by atoms with Crippen molar-refractivity contribution in [3.63, 3.8) is 0 Å². The summed E-state index contributed by atoms with van der Waals surface area (Å²) in [6, 6.07) is 17.4. The molecule has 0 amide bonds. The van der Waals surface area contributed by atoms with E-state index in [1.165, 1.54) is 16.0 Å². The van der Waals surface area contributed by atoms with Gasteiger partial charge in [-0.15, -0.1) is 11.8 Å². The Labute approximate surface area is 172 Å². The van der Waals surface area contributed by atoms with Gasteiger partial charge in [0.1, 0.15) is 6.61 Å². The van der Waals surface area contributed by atoms with Crippen LogP contribution in [0.5, 0.6) is 0 Å². The zero-order valence-electron chi connectivity index (χ0n) is 16.9. The van der Waals surface area contributed by atoms with E-state index in [1.54, 1.807) is 11.8 Å². The highest BCUT2D eigenvalue weighted by Gasteiger charge is 2.17. The van der Waals surface area contributed by atoms with E-state index in [1.807, 2.05) is 0 Å². The molecule has 3 rings (SSSR count). The summed E-state index contributed by atoms with van der Waals surface area (Å²) in [5.41, 5.74) is 3.83. The number of hydrogen-bond acceptors (Lipinski definition) is 4. The van der Waals surface area contributed by atoms with Crippen molar-refractivity contribution >= 4 is 17.6 Å². The van der Waals surface area contributed by atoms with Crippen LogP contribution in [0, 0.1) is 0 Å². The average Bonchev–Trinajstić information content (AvgIpc) is 2.77. The van der Waals surface area contributed by atoms with E-state index in [0.717, 1.165) is 57.0 Å². The Hall–Kier alpha value is -1.98. The molecule has 0 atom stereocenters. The summed E-state index contributed by atoms with van der Waals surface area (Å²) >= 11 is 1.74. The van der Waals surface area contributed by atoms with Crippen LogP contribution in [0.15, 0.2) is 58.6 Å². The van der Waals surface area contributed by atoms with Crippen LogP contribution in [0.3, 0.4) is 0 Å². The number of benzene rings is 2. The van der Waals surface area contributed by atoms with Gasteiger partial charge in [0.15, 0.2) is 5.84 Å². The summed E-state index contributed by atoms with van der Waals surface area (Å²) in [7, 11) is 0. The van der Waals surface area contributed by atoms with Crippen molar-refractivity contribution in [3.05, 3.63) is 65.2 Å². The van der Waals surface area contributed by atoms with E-state index >= 15 is 0 Å². The van der Waals surface area contributed by atoms with Crippen LogP contribution < -0.4 is 0 Å². The highest BCUT2D eigenvalue weighted by Crippen LogP contribution is 2.17. The van der Waals surface area contributed by atoms with Gasteiger partial charge in [-0.3, -0.25) is 0 Å². The van der Waals surface area contributed by atoms with Gasteiger partial charge in [0.25, 0.3) is 0 Å². The maximum atomic E-state index is 5.73. The minimum atomic E-state index is 0.617. The molecule has 0 N–H and O–H groups in total. The molecule has 4 nitrogen and oxygen atoms in total. The molecule has 1 heterocycles. The summed E-state index contributed by atoms with van der Waals surface area (Å²) in [5.74, 6) is 0.906. The number of hydrogen-bond donors (Lipinski definition) is 0. The summed E-state index contributed by atoms with van der Waals surface area (Å²) in [4.78, 5) is 9.23. The number of rotatable bonds is 8. The first kappa shape index (κ1) is 20.7. The van der Waals surface area contributed by atoms with E-state index in [9.17, 15) is 0 Å². The van der Waals surface area contributed by atoms with Crippen LogP contribution in [0.1, 0.15) is 30.0 Å². The topological polar surface area (TPSA) is 34.1 Å². The fourth-order valence-corrected chi connectivity index (χ4v) is 3.61. The summed E-state index contributed by atoms with van der Waals surface area (Å²) < 4.78 is 5.49. The number of oxime groups is 1. The van der Waals surface area contributed by atoms with Gasteiger partial charge < -0.3 is 14.5 Å². The maximum Gasteiger partial charge on any atom is 0.175 e. The molecular formula is C23H30N2O2S. The first-order valence-corrected chi connectivity index (χ1v) is 11.3. The second-order valence-electron chi connectivity index (χ2n) is 6.85. The zero-order chi connectivity index (χ0) is 19.6. The average molecular weight is 399 g/mol. The van der Waals surface area contributed by atoms with Crippen molar-refractivity contribution < 1.29 is 9.57 Å². The van der Waals surface area contributed by atoms with Gasteiger partial charge in [-0.05, 0) is 48.8 Å². The van der Waals surface area contributed by atoms with Crippen molar-refractivity contribution in [1.82, 2.24) is 4.90 Å². The Balaban J connectivity index is 1.58. The van der Waals surface area contributed by atoms with Gasteiger partial charge in [-0.25, -0.2) is 0 Å². The van der Waals surface area contributed by atoms with E-state index in [0.29, 0.717) is 6.61 Å². The smallest absolute Gasteiger partial charge is 0.175 e. The molecule has 0 bridgehead atoms. The number of aryl methyl sites for hydroxylation is 2. The van der Waals surface area contributed by atoms with E-state index in [2.05, 4.69) is 71.8 Å². The Morgan fingerprint density at radius 3 is 2.36 bits per heavy atom. The lowest BCUT2D eigenvalue weighted by Crippen LogP contribution is -2.41. The van der Waals surface area contributed by atoms with Crippen LogP contribution in [-0.4, -0.2) is 49.9 Å². The lowest BCUT2D eigenvalue weighted by molar-refractivity contribution is 0.0641. The zero-order valence-corrected chi connectivity index (χ0v) is 17.7. The first-order valence-electron chi connectivity index (χ1n) is 10.0. The molecule has 0 spiro atoms. The third-order valence-corrected chi connectivity index (χ3v) is 5.69. The minimum absolute atomic E-state index is 0.617. The van der Waals surface area contributed by atoms with E-state index < -0.39 is 0 Å². The highest BCUT2D eigenvalue weighted by molar-refractivity contribution is 7.98. The van der Waals surface area contributed by atoms with Crippen LogP contribution in [0.2, 0.25) is 0 Å². The molecule has 2 aromatic carbocycles. The molecule has 28 heavy (non-hydrogen) atoms. The molecule has 0 aromatic heterocycles. The molecule has 0 saturated carbocycles. The Kier molecular flexibility index (Phi) is 8.24. The lowest BCUT2D eigenvalue weighted by Gasteiger charge is -2.29. The molecule has 0 radical (unpaired) electrons. The van der Waals surface area contributed by atoms with Crippen molar-refractivity contribution in [2.45, 2.75) is 31.1 Å². The number of nitrogens with zero attached hydrogens (tertiary/aromatic N) is 2. The molecule has 2 aromatic rings. The quantitative estimate of drug-likeness (QED) is 0.214. The monoisotopic (exact) mass is 398 g/mol. The largest absolute Gasteiger partial charge is 0.394 e. The summed E-state index contributed by atoms with van der Waals surface area (Å²) in [5, 5.41) is 4.51. The lowest BCUT2D eigenvalue weighted by atomic mass is 10.1. The maximum absolute atomic E-state index is 5.73. The third-order valence-electron chi connectivity index (χ3n) is 4.94. The van der Waals surface area contributed by atoms with Gasteiger partial charge in [0, 0.05) is 23.5 Å². The van der Waals surface area contributed by atoms with Crippen molar-refractivity contribution in [1.29, 1.82) is 0 Å². The standard InChI is InChI=1S/C23H30N2O2S/c1-3-19-6-8-20(9-7-19)5-4-16-27-24-23(25-14-17-26-18-15-25)21-10-12-22(28-2)13-11-21/h6-13H,3-5,14-18H2,1-2H3/b24-23+. The van der Waals surface area contributed by atoms with E-state index in [-0.39, 0.29) is 0 Å². The Morgan fingerprint density at radius 1 is 1.04 bits per heavy atom. The highest BCUT2D eigenvalue weighted by atomic mass is 32.2. The normalized spacial score (nSPS) is 14.9. The van der Waals surface area contributed by atoms with Crippen molar-refractivity contribution in [3.8, 4) is 0 Å². The number of amidine groups is 1. The third kappa shape index (κ3) is 6.01. The van der Waals surface area contributed by atoms with Crippen molar-refractivity contribution in [2.24, 2.45) is 5.16 Å². The van der Waals surface area contributed by atoms with Gasteiger partial charge in [-0.2, -0.15) is 0 Å². The second kappa shape index (κ2) is 11.1. The van der Waals surface area contributed by atoms with Gasteiger partial charge in [0.05, 0.1) is 13.2 Å². The fourth-order valence-electron chi connectivity index (χ4n) is 3.20. The number of morpholine rings is 1. The predicted molar refractivity (Wildman–Crippen MR) is 117 cm³/mol. The van der Waals surface area contributed by atoms with Gasteiger partial charge >= 0.3 is 0 Å². The molecule has 1 saturated heterocycles. The summed E-state index contributed by atoms with van der Waals surface area (Å²) in [6.07, 6.45) is 5.14. The minimum Gasteiger partial charge on any atom is -0.394 e. The van der Waals surface area contributed by atoms with Crippen LogP contribution in [0.25, 0.3) is 0 Å². The molecular weight excluding hydrogens is 368 g/mol. The number of thioether (sulfide) groups is 1. The predicted octanol–water partition coefficient (Wildman–Crippen LogP) is 4.61. The Morgan fingerprint density at radius 2 is 1.71 bits per heavy atom. The molecule has 0 unspecified atom stereocenters. The van der Waals surface area contributed by atoms with Crippen LogP contribution in [0.4, 0.5) is 0 Å². The molecule has 150 valence electrons. The Bertz CT molecular complexity index is 738.